The summed E-state index contributed by atoms with van der Waals surface area (Å²) in [6, 6.07) is -0.179. The molecule has 2 saturated heterocycles. The highest BCUT2D eigenvalue weighted by Gasteiger charge is 2.42. The molecule has 2 atom stereocenters. The highest BCUT2D eigenvalue weighted by atomic mass is 16.5. The van der Waals surface area contributed by atoms with Crippen LogP contribution in [0.5, 0.6) is 0 Å². The van der Waals surface area contributed by atoms with Gasteiger partial charge in [0, 0.05) is 19.2 Å². The average Bonchev–Trinajstić information content (AvgIpc) is 2.81. The van der Waals surface area contributed by atoms with Gasteiger partial charge in [0.2, 0.25) is 11.8 Å². The molecule has 118 valence electrons. The van der Waals surface area contributed by atoms with Crippen molar-refractivity contribution in [1.29, 1.82) is 0 Å². The van der Waals surface area contributed by atoms with Crippen molar-refractivity contribution in [2.24, 2.45) is 0 Å². The van der Waals surface area contributed by atoms with Gasteiger partial charge in [-0.2, -0.15) is 0 Å². The van der Waals surface area contributed by atoms with E-state index >= 15 is 0 Å². The van der Waals surface area contributed by atoms with Gasteiger partial charge in [0.1, 0.15) is 0 Å². The number of amides is 2. The first-order chi connectivity index (χ1) is 10.3. The molecule has 3 aliphatic rings. The Morgan fingerprint density at radius 2 is 1.81 bits per heavy atom. The lowest BCUT2D eigenvalue weighted by molar-refractivity contribution is -0.142. The third-order valence-corrected chi connectivity index (χ3v) is 4.99. The highest BCUT2D eigenvalue weighted by molar-refractivity contribution is 6.05. The van der Waals surface area contributed by atoms with Crippen LogP contribution in [0.25, 0.3) is 0 Å². The summed E-state index contributed by atoms with van der Waals surface area (Å²) >= 11 is 0. The van der Waals surface area contributed by atoms with Gasteiger partial charge in [-0.3, -0.25) is 14.5 Å². The van der Waals surface area contributed by atoms with Crippen LogP contribution in [0.2, 0.25) is 0 Å². The molecule has 5 heteroatoms. The lowest BCUT2D eigenvalue weighted by Crippen LogP contribution is -2.46. The molecule has 2 unspecified atom stereocenters. The summed E-state index contributed by atoms with van der Waals surface area (Å²) in [4.78, 5) is 26.2. The Morgan fingerprint density at radius 3 is 2.52 bits per heavy atom. The standard InChI is InChI=1S/C16H26N2O3/c19-15-10-14(17-11-13-8-4-5-9-21-13)16(20)18(15)12-6-2-1-3-7-12/h12-14,17H,1-11H2. The third-order valence-electron chi connectivity index (χ3n) is 4.99. The molecule has 2 amide bonds. The van der Waals surface area contributed by atoms with Crippen LogP contribution in [0, 0.1) is 0 Å². The molecule has 0 aromatic heterocycles. The normalized spacial score (nSPS) is 31.9. The van der Waals surface area contributed by atoms with Gasteiger partial charge in [-0.05, 0) is 32.1 Å². The number of carbonyl (C=O) groups is 2. The van der Waals surface area contributed by atoms with Crippen molar-refractivity contribution in [3.8, 4) is 0 Å². The van der Waals surface area contributed by atoms with Crippen LogP contribution in [-0.4, -0.2) is 48.1 Å². The molecule has 21 heavy (non-hydrogen) atoms. The van der Waals surface area contributed by atoms with Crippen LogP contribution >= 0.6 is 0 Å². The number of ether oxygens (including phenoxy) is 1. The predicted molar refractivity (Wildman–Crippen MR) is 78.7 cm³/mol. The van der Waals surface area contributed by atoms with Crippen molar-refractivity contribution in [2.75, 3.05) is 13.2 Å². The maximum Gasteiger partial charge on any atom is 0.247 e. The largest absolute Gasteiger partial charge is 0.377 e. The van der Waals surface area contributed by atoms with Gasteiger partial charge >= 0.3 is 0 Å². The number of nitrogens with zero attached hydrogens (tertiary/aromatic N) is 1. The fourth-order valence-electron chi connectivity index (χ4n) is 3.78. The van der Waals surface area contributed by atoms with E-state index in [4.69, 9.17) is 4.74 Å². The summed E-state index contributed by atoms with van der Waals surface area (Å²) in [6.45, 7) is 1.50. The Morgan fingerprint density at radius 1 is 1.05 bits per heavy atom. The number of nitrogens with one attached hydrogen (secondary N) is 1. The molecule has 3 fully saturated rings. The quantitative estimate of drug-likeness (QED) is 0.800. The zero-order valence-corrected chi connectivity index (χ0v) is 12.7. The number of likely N-dealkylation sites (tertiary alicyclic amines) is 1. The molecule has 1 N–H and O–H groups in total. The maximum atomic E-state index is 12.5. The monoisotopic (exact) mass is 294 g/mol. The van der Waals surface area contributed by atoms with E-state index in [0.717, 1.165) is 45.1 Å². The molecular weight excluding hydrogens is 268 g/mol. The summed E-state index contributed by atoms with van der Waals surface area (Å²) in [7, 11) is 0. The van der Waals surface area contributed by atoms with E-state index in [0.29, 0.717) is 13.0 Å². The summed E-state index contributed by atoms with van der Waals surface area (Å²) in [5.41, 5.74) is 0. The van der Waals surface area contributed by atoms with Crippen LogP contribution in [0.15, 0.2) is 0 Å². The molecule has 0 spiro atoms. The average molecular weight is 294 g/mol. The van der Waals surface area contributed by atoms with Gasteiger partial charge in [-0.15, -0.1) is 0 Å². The fraction of sp³-hybridized carbons (Fsp3) is 0.875. The van der Waals surface area contributed by atoms with E-state index in [2.05, 4.69) is 5.32 Å². The topological polar surface area (TPSA) is 58.6 Å². The molecule has 3 rings (SSSR count). The molecule has 0 aromatic rings. The van der Waals surface area contributed by atoms with Crippen LogP contribution in [-0.2, 0) is 14.3 Å². The van der Waals surface area contributed by atoms with Gasteiger partial charge in [0.05, 0.1) is 18.6 Å². The van der Waals surface area contributed by atoms with Crippen molar-refractivity contribution < 1.29 is 14.3 Å². The maximum absolute atomic E-state index is 12.5. The second-order valence-corrected chi connectivity index (χ2v) is 6.55. The number of hydrogen-bond donors (Lipinski definition) is 1. The first-order valence-corrected chi connectivity index (χ1v) is 8.46. The Bertz CT molecular complexity index is 387. The predicted octanol–water partition coefficient (Wildman–Crippen LogP) is 1.61. The highest BCUT2D eigenvalue weighted by Crippen LogP contribution is 2.27. The molecule has 0 radical (unpaired) electrons. The molecule has 1 aliphatic carbocycles. The number of carbonyl (C=O) groups excluding carboxylic acids is 2. The van der Waals surface area contributed by atoms with Crippen LogP contribution < -0.4 is 5.32 Å². The van der Waals surface area contributed by atoms with Gasteiger partial charge in [-0.25, -0.2) is 0 Å². The van der Waals surface area contributed by atoms with E-state index in [9.17, 15) is 9.59 Å². The third kappa shape index (κ3) is 3.46. The minimum absolute atomic E-state index is 0.00830. The van der Waals surface area contributed by atoms with Gasteiger partial charge in [-0.1, -0.05) is 19.3 Å². The molecule has 2 aliphatic heterocycles. The van der Waals surface area contributed by atoms with Crippen molar-refractivity contribution in [1.82, 2.24) is 10.2 Å². The van der Waals surface area contributed by atoms with Crippen LogP contribution in [0.4, 0.5) is 0 Å². The fourth-order valence-corrected chi connectivity index (χ4v) is 3.78. The number of imide groups is 1. The van der Waals surface area contributed by atoms with Crippen LogP contribution in [0.3, 0.4) is 0 Å². The molecule has 0 aromatic carbocycles. The second kappa shape index (κ2) is 6.88. The first-order valence-electron chi connectivity index (χ1n) is 8.46. The molecule has 0 bridgehead atoms. The minimum Gasteiger partial charge on any atom is -0.377 e. The van der Waals surface area contributed by atoms with Crippen molar-refractivity contribution in [3.63, 3.8) is 0 Å². The van der Waals surface area contributed by atoms with E-state index in [1.165, 1.54) is 12.8 Å². The van der Waals surface area contributed by atoms with E-state index in [1.54, 1.807) is 4.90 Å². The first kappa shape index (κ1) is 15.0. The second-order valence-electron chi connectivity index (χ2n) is 6.55. The Kier molecular flexibility index (Phi) is 4.91. The van der Waals surface area contributed by atoms with Crippen molar-refractivity contribution in [2.45, 2.75) is 76.0 Å². The lowest BCUT2D eigenvalue weighted by Gasteiger charge is -2.30. The summed E-state index contributed by atoms with van der Waals surface area (Å²) < 4.78 is 5.67. The summed E-state index contributed by atoms with van der Waals surface area (Å²) in [5, 5.41) is 3.26. The Balaban J connectivity index is 1.52. The number of rotatable bonds is 4. The Labute approximate surface area is 126 Å². The van der Waals surface area contributed by atoms with Gasteiger partial charge in [0.25, 0.3) is 0 Å². The molecule has 2 heterocycles. The van der Waals surface area contributed by atoms with Crippen LogP contribution in [0.1, 0.15) is 57.8 Å². The van der Waals surface area contributed by atoms with Crippen molar-refractivity contribution in [3.05, 3.63) is 0 Å². The molecular formula is C16H26N2O3. The van der Waals surface area contributed by atoms with E-state index in [1.807, 2.05) is 0 Å². The zero-order valence-electron chi connectivity index (χ0n) is 12.7. The molecule has 5 nitrogen and oxygen atoms in total. The summed E-state index contributed by atoms with van der Waals surface area (Å²) in [6.07, 6.45) is 9.36. The minimum atomic E-state index is -0.329. The van der Waals surface area contributed by atoms with Gasteiger partial charge < -0.3 is 10.1 Å². The smallest absolute Gasteiger partial charge is 0.247 e. The summed E-state index contributed by atoms with van der Waals surface area (Å²) in [5.74, 6) is -0.00308. The van der Waals surface area contributed by atoms with E-state index < -0.39 is 0 Å². The lowest BCUT2D eigenvalue weighted by atomic mass is 9.94. The zero-order chi connectivity index (χ0) is 14.7. The van der Waals surface area contributed by atoms with Crippen molar-refractivity contribution >= 4 is 11.8 Å². The Hall–Kier alpha value is -0.940. The molecule has 1 saturated carbocycles. The van der Waals surface area contributed by atoms with Gasteiger partial charge in [0.15, 0.2) is 0 Å². The SMILES string of the molecule is O=C1CC(NCC2CCCCO2)C(=O)N1C1CCCCC1. The van der Waals surface area contributed by atoms with E-state index in [-0.39, 0.29) is 30.0 Å². The number of hydrogen-bond acceptors (Lipinski definition) is 4.